The van der Waals surface area contributed by atoms with Crippen molar-refractivity contribution in [3.05, 3.63) is 29.6 Å². The topological polar surface area (TPSA) is 79.7 Å². The van der Waals surface area contributed by atoms with Crippen LogP contribution in [0.4, 0.5) is 0 Å². The molecule has 2 rings (SSSR count). The highest BCUT2D eigenvalue weighted by Gasteiger charge is 2.24. The number of aromatic carboxylic acids is 1. The number of carboxylic acid groups (broad SMARTS) is 1. The monoisotopic (exact) mass is 278 g/mol. The average Bonchev–Trinajstić information content (AvgIpc) is 2.48. The van der Waals surface area contributed by atoms with Crippen LogP contribution in [0.2, 0.25) is 0 Å². The van der Waals surface area contributed by atoms with E-state index in [0.29, 0.717) is 24.6 Å². The van der Waals surface area contributed by atoms with Crippen LogP contribution in [0, 0.1) is 5.92 Å². The molecule has 1 N–H and O–H groups in total. The van der Waals surface area contributed by atoms with Crippen molar-refractivity contribution in [2.75, 3.05) is 26.8 Å². The van der Waals surface area contributed by atoms with Crippen molar-refractivity contribution in [1.82, 2.24) is 9.88 Å². The Balaban J connectivity index is 2.02. The van der Waals surface area contributed by atoms with Gasteiger partial charge in [-0.1, -0.05) is 0 Å². The molecule has 0 aromatic carbocycles. The van der Waals surface area contributed by atoms with Crippen LogP contribution in [-0.2, 0) is 4.74 Å². The molecule has 20 heavy (non-hydrogen) atoms. The van der Waals surface area contributed by atoms with Crippen molar-refractivity contribution in [3.63, 3.8) is 0 Å². The van der Waals surface area contributed by atoms with Crippen molar-refractivity contribution in [2.24, 2.45) is 5.92 Å². The van der Waals surface area contributed by atoms with E-state index in [4.69, 9.17) is 9.84 Å². The minimum atomic E-state index is -1.13. The SMILES string of the molecule is COCC1CCN(C(=O)c2ccnc(C(=O)O)c2)CC1. The van der Waals surface area contributed by atoms with E-state index < -0.39 is 5.97 Å². The van der Waals surface area contributed by atoms with Gasteiger partial charge in [0.05, 0.1) is 0 Å². The van der Waals surface area contributed by atoms with Gasteiger partial charge in [-0.25, -0.2) is 9.78 Å². The number of carboxylic acids is 1. The second-order valence-corrected chi connectivity index (χ2v) is 4.93. The van der Waals surface area contributed by atoms with Crippen LogP contribution in [0.5, 0.6) is 0 Å². The van der Waals surface area contributed by atoms with E-state index >= 15 is 0 Å². The van der Waals surface area contributed by atoms with Crippen LogP contribution in [0.25, 0.3) is 0 Å². The van der Waals surface area contributed by atoms with Crippen molar-refractivity contribution in [2.45, 2.75) is 12.8 Å². The van der Waals surface area contributed by atoms with Gasteiger partial charge >= 0.3 is 5.97 Å². The summed E-state index contributed by atoms with van der Waals surface area (Å²) in [5.74, 6) is -0.764. The average molecular weight is 278 g/mol. The lowest BCUT2D eigenvalue weighted by molar-refractivity contribution is 0.0613. The summed E-state index contributed by atoms with van der Waals surface area (Å²) < 4.78 is 5.13. The van der Waals surface area contributed by atoms with E-state index in [2.05, 4.69) is 4.98 Å². The standard InChI is InChI=1S/C14H18N2O4/c1-20-9-10-3-6-16(7-4-10)13(17)11-2-5-15-12(8-11)14(18)19/h2,5,8,10H,3-4,6-7,9H2,1H3,(H,18,19). The third-order valence-corrected chi connectivity index (χ3v) is 3.53. The molecule has 1 amide bonds. The molecule has 0 spiro atoms. The fraction of sp³-hybridized carbons (Fsp3) is 0.500. The molecule has 1 aliphatic heterocycles. The van der Waals surface area contributed by atoms with Crippen LogP contribution in [-0.4, -0.2) is 53.7 Å². The number of ether oxygens (including phenoxy) is 1. The highest BCUT2D eigenvalue weighted by atomic mass is 16.5. The van der Waals surface area contributed by atoms with Crippen LogP contribution < -0.4 is 0 Å². The van der Waals surface area contributed by atoms with Crippen LogP contribution in [0.15, 0.2) is 18.3 Å². The number of piperidine rings is 1. The quantitative estimate of drug-likeness (QED) is 0.897. The van der Waals surface area contributed by atoms with E-state index in [0.717, 1.165) is 19.4 Å². The number of carbonyl (C=O) groups is 2. The normalized spacial score (nSPS) is 16.1. The van der Waals surface area contributed by atoms with Gasteiger partial charge in [0.25, 0.3) is 5.91 Å². The molecule has 0 unspecified atom stereocenters. The Morgan fingerprint density at radius 1 is 1.45 bits per heavy atom. The molecule has 6 nitrogen and oxygen atoms in total. The van der Waals surface area contributed by atoms with Gasteiger partial charge in [-0.05, 0) is 30.9 Å². The number of likely N-dealkylation sites (tertiary alicyclic amines) is 1. The summed E-state index contributed by atoms with van der Waals surface area (Å²) in [6, 6.07) is 2.88. The number of methoxy groups -OCH3 is 1. The van der Waals surface area contributed by atoms with E-state index in [1.54, 1.807) is 18.1 Å². The zero-order valence-corrected chi connectivity index (χ0v) is 11.4. The maximum Gasteiger partial charge on any atom is 0.354 e. The molecule has 2 heterocycles. The number of pyridine rings is 1. The van der Waals surface area contributed by atoms with Crippen LogP contribution in [0.1, 0.15) is 33.7 Å². The van der Waals surface area contributed by atoms with Gasteiger partial charge in [0.15, 0.2) is 0 Å². The Morgan fingerprint density at radius 2 is 2.15 bits per heavy atom. The van der Waals surface area contributed by atoms with Crippen molar-refractivity contribution >= 4 is 11.9 Å². The minimum Gasteiger partial charge on any atom is -0.477 e. The molecule has 0 bridgehead atoms. The predicted molar refractivity (Wildman–Crippen MR) is 71.7 cm³/mol. The molecule has 1 aliphatic rings. The summed E-state index contributed by atoms with van der Waals surface area (Å²) in [5, 5.41) is 8.89. The number of hydrogen-bond acceptors (Lipinski definition) is 4. The Kier molecular flexibility index (Phi) is 4.68. The second-order valence-electron chi connectivity index (χ2n) is 4.93. The van der Waals surface area contributed by atoms with Gasteiger partial charge in [-0.2, -0.15) is 0 Å². The first-order valence-electron chi connectivity index (χ1n) is 6.59. The van der Waals surface area contributed by atoms with E-state index in [1.165, 1.54) is 12.3 Å². The van der Waals surface area contributed by atoms with Gasteiger partial charge in [0.1, 0.15) is 5.69 Å². The highest BCUT2D eigenvalue weighted by Crippen LogP contribution is 2.19. The number of carbonyl (C=O) groups excluding carboxylic acids is 1. The zero-order valence-electron chi connectivity index (χ0n) is 11.4. The van der Waals surface area contributed by atoms with Crippen molar-refractivity contribution in [1.29, 1.82) is 0 Å². The summed E-state index contributed by atoms with van der Waals surface area (Å²) in [4.78, 5) is 28.7. The maximum atomic E-state index is 12.3. The lowest BCUT2D eigenvalue weighted by atomic mass is 9.97. The molecular weight excluding hydrogens is 260 g/mol. The van der Waals surface area contributed by atoms with Gasteiger partial charge in [0.2, 0.25) is 0 Å². The summed E-state index contributed by atoms with van der Waals surface area (Å²) in [6.45, 7) is 2.08. The van der Waals surface area contributed by atoms with Crippen molar-refractivity contribution < 1.29 is 19.4 Å². The summed E-state index contributed by atoms with van der Waals surface area (Å²) in [7, 11) is 1.68. The molecule has 6 heteroatoms. The number of hydrogen-bond donors (Lipinski definition) is 1. The Bertz CT molecular complexity index is 496. The third-order valence-electron chi connectivity index (χ3n) is 3.53. The molecule has 108 valence electrons. The molecule has 1 aromatic rings. The maximum absolute atomic E-state index is 12.3. The first kappa shape index (κ1) is 14.5. The number of nitrogens with zero attached hydrogens (tertiary/aromatic N) is 2. The molecule has 0 saturated carbocycles. The predicted octanol–water partition coefficient (Wildman–Crippen LogP) is 1.28. The smallest absolute Gasteiger partial charge is 0.354 e. The summed E-state index contributed by atoms with van der Waals surface area (Å²) in [6.07, 6.45) is 3.18. The summed E-state index contributed by atoms with van der Waals surface area (Å²) in [5.41, 5.74) is 0.271. The van der Waals surface area contributed by atoms with Gasteiger partial charge < -0.3 is 14.7 Å². The van der Waals surface area contributed by atoms with E-state index in [1.807, 2.05) is 0 Å². The van der Waals surface area contributed by atoms with Crippen LogP contribution in [0.3, 0.4) is 0 Å². The van der Waals surface area contributed by atoms with Gasteiger partial charge in [-0.15, -0.1) is 0 Å². The minimum absolute atomic E-state index is 0.106. The molecule has 1 fully saturated rings. The van der Waals surface area contributed by atoms with E-state index in [-0.39, 0.29) is 11.6 Å². The molecule has 0 radical (unpaired) electrons. The first-order chi connectivity index (χ1) is 9.61. The Morgan fingerprint density at radius 3 is 2.75 bits per heavy atom. The lowest BCUT2D eigenvalue weighted by Crippen LogP contribution is -2.39. The van der Waals surface area contributed by atoms with Crippen molar-refractivity contribution in [3.8, 4) is 0 Å². The fourth-order valence-electron chi connectivity index (χ4n) is 2.40. The second kappa shape index (κ2) is 6.47. The molecule has 1 aromatic heterocycles. The Hall–Kier alpha value is -1.95. The lowest BCUT2D eigenvalue weighted by Gasteiger charge is -2.31. The molecule has 0 aliphatic carbocycles. The fourth-order valence-corrected chi connectivity index (χ4v) is 2.40. The van der Waals surface area contributed by atoms with Gasteiger partial charge in [-0.3, -0.25) is 4.79 Å². The number of rotatable bonds is 4. The highest BCUT2D eigenvalue weighted by molar-refractivity contribution is 5.96. The van der Waals surface area contributed by atoms with Crippen LogP contribution >= 0.6 is 0 Å². The number of aromatic nitrogens is 1. The first-order valence-corrected chi connectivity index (χ1v) is 6.59. The number of amides is 1. The zero-order chi connectivity index (χ0) is 14.5. The van der Waals surface area contributed by atoms with E-state index in [9.17, 15) is 9.59 Å². The molecule has 1 saturated heterocycles. The summed E-state index contributed by atoms with van der Waals surface area (Å²) >= 11 is 0. The largest absolute Gasteiger partial charge is 0.477 e. The molecular formula is C14H18N2O4. The Labute approximate surface area is 117 Å². The molecule has 0 atom stereocenters. The third kappa shape index (κ3) is 3.33. The van der Waals surface area contributed by atoms with Gasteiger partial charge in [0, 0.05) is 38.6 Å².